The molecule has 2 atom stereocenters. The van der Waals surface area contributed by atoms with Crippen molar-refractivity contribution in [2.24, 2.45) is 0 Å². The molecule has 0 saturated carbocycles. The van der Waals surface area contributed by atoms with Gasteiger partial charge in [0.05, 0.1) is 7.11 Å². The predicted molar refractivity (Wildman–Crippen MR) is 124 cm³/mol. The normalized spacial score (nSPS) is 12.5. The molecule has 0 aromatic heterocycles. The van der Waals surface area contributed by atoms with Gasteiger partial charge >= 0.3 is 6.09 Å². The van der Waals surface area contributed by atoms with Gasteiger partial charge in [0.25, 0.3) is 0 Å². The number of amides is 1. The highest BCUT2D eigenvalue weighted by atomic mass is 79.9. The number of nitrogens with one attached hydrogen (secondary N) is 1. The van der Waals surface area contributed by atoms with E-state index in [1.807, 2.05) is 18.2 Å². The zero-order chi connectivity index (χ0) is 22.9. The molecule has 8 heteroatoms. The van der Waals surface area contributed by atoms with Gasteiger partial charge in [0.1, 0.15) is 11.9 Å². The van der Waals surface area contributed by atoms with Gasteiger partial charge in [0, 0.05) is 28.8 Å². The van der Waals surface area contributed by atoms with Crippen LogP contribution in [0.1, 0.15) is 18.1 Å². The summed E-state index contributed by atoms with van der Waals surface area (Å²) < 4.78 is 17.8. The number of aliphatic hydroxyl groups excluding tert-OH is 1. The average molecular weight is 502 g/mol. The Labute approximate surface area is 194 Å². The maximum absolute atomic E-state index is 12.7. The van der Waals surface area contributed by atoms with Gasteiger partial charge in [-0.05, 0) is 48.5 Å². The number of para-hydroxylation sites is 1. The summed E-state index contributed by atoms with van der Waals surface area (Å²) >= 11 is 3.35. The standard InChI is InChI=1S/C24H24BrNO6/c1-30-21-12-7-16(15-20(21)28)23(22(13-14-27)31-19-5-3-2-4-6-19)32-24(29)26-18-10-8-17(25)9-11-18/h2-12,15,22-23,27-28H,13-14H2,1H3,(H,26,29)/t22-,23-/m0/s1. The van der Waals surface area contributed by atoms with Crippen molar-refractivity contribution in [3.63, 3.8) is 0 Å². The van der Waals surface area contributed by atoms with E-state index in [2.05, 4.69) is 21.2 Å². The molecule has 0 bridgehead atoms. The summed E-state index contributed by atoms with van der Waals surface area (Å²) in [6.07, 6.45) is -2.15. The molecule has 0 fully saturated rings. The molecular formula is C24H24BrNO6. The average Bonchev–Trinajstić information content (AvgIpc) is 2.79. The van der Waals surface area contributed by atoms with Crippen LogP contribution < -0.4 is 14.8 Å². The van der Waals surface area contributed by atoms with E-state index in [9.17, 15) is 15.0 Å². The Kier molecular flexibility index (Phi) is 8.35. The van der Waals surface area contributed by atoms with Crippen molar-refractivity contribution >= 4 is 27.7 Å². The summed E-state index contributed by atoms with van der Waals surface area (Å²) in [7, 11) is 1.45. The highest BCUT2D eigenvalue weighted by molar-refractivity contribution is 9.10. The molecule has 0 aliphatic carbocycles. The van der Waals surface area contributed by atoms with E-state index in [0.717, 1.165) is 4.47 Å². The number of hydrogen-bond donors (Lipinski definition) is 3. The number of carbonyl (C=O) groups is 1. The number of benzene rings is 3. The Balaban J connectivity index is 1.88. The van der Waals surface area contributed by atoms with E-state index in [-0.39, 0.29) is 24.5 Å². The largest absolute Gasteiger partial charge is 0.504 e. The lowest BCUT2D eigenvalue weighted by Crippen LogP contribution is -2.31. The van der Waals surface area contributed by atoms with Gasteiger partial charge in [-0.15, -0.1) is 0 Å². The first kappa shape index (κ1) is 23.4. The van der Waals surface area contributed by atoms with E-state index < -0.39 is 18.3 Å². The van der Waals surface area contributed by atoms with E-state index in [4.69, 9.17) is 14.2 Å². The van der Waals surface area contributed by atoms with Crippen LogP contribution in [0.15, 0.2) is 77.3 Å². The summed E-state index contributed by atoms with van der Waals surface area (Å²) in [6, 6.07) is 20.8. The van der Waals surface area contributed by atoms with E-state index in [0.29, 0.717) is 17.0 Å². The maximum atomic E-state index is 12.7. The number of hydrogen-bond acceptors (Lipinski definition) is 6. The number of methoxy groups -OCH3 is 1. The third kappa shape index (κ3) is 6.38. The van der Waals surface area contributed by atoms with Gasteiger partial charge in [0.2, 0.25) is 0 Å². The molecule has 0 spiro atoms. The van der Waals surface area contributed by atoms with Crippen LogP contribution in [-0.4, -0.2) is 36.1 Å². The van der Waals surface area contributed by atoms with Crippen molar-refractivity contribution in [2.75, 3.05) is 19.0 Å². The smallest absolute Gasteiger partial charge is 0.412 e. The Bertz CT molecular complexity index is 1010. The van der Waals surface area contributed by atoms with Crippen molar-refractivity contribution in [3.05, 3.63) is 82.8 Å². The van der Waals surface area contributed by atoms with Crippen LogP contribution >= 0.6 is 15.9 Å². The lowest BCUT2D eigenvalue weighted by Gasteiger charge is -2.28. The van der Waals surface area contributed by atoms with E-state index in [1.165, 1.54) is 13.2 Å². The van der Waals surface area contributed by atoms with Gasteiger partial charge in [0.15, 0.2) is 17.6 Å². The van der Waals surface area contributed by atoms with Gasteiger partial charge in [-0.2, -0.15) is 0 Å². The number of ether oxygens (including phenoxy) is 3. The van der Waals surface area contributed by atoms with Crippen molar-refractivity contribution < 1.29 is 29.2 Å². The third-order valence-electron chi connectivity index (χ3n) is 4.64. The second kappa shape index (κ2) is 11.4. The Hall–Kier alpha value is -3.23. The molecule has 3 aromatic carbocycles. The molecule has 3 rings (SSSR count). The lowest BCUT2D eigenvalue weighted by atomic mass is 10.0. The maximum Gasteiger partial charge on any atom is 0.412 e. The van der Waals surface area contributed by atoms with Crippen molar-refractivity contribution in [1.82, 2.24) is 0 Å². The van der Waals surface area contributed by atoms with Crippen molar-refractivity contribution in [3.8, 4) is 17.2 Å². The summed E-state index contributed by atoms with van der Waals surface area (Å²) in [5.41, 5.74) is 1.04. The summed E-state index contributed by atoms with van der Waals surface area (Å²) in [5.74, 6) is 0.745. The van der Waals surface area contributed by atoms with Crippen LogP contribution in [0.2, 0.25) is 0 Å². The summed E-state index contributed by atoms with van der Waals surface area (Å²) in [4.78, 5) is 12.7. The van der Waals surface area contributed by atoms with Crippen molar-refractivity contribution in [1.29, 1.82) is 0 Å². The first-order valence-electron chi connectivity index (χ1n) is 9.93. The number of halogens is 1. The number of anilines is 1. The van der Waals surface area contributed by atoms with Crippen LogP contribution in [0.25, 0.3) is 0 Å². The fourth-order valence-electron chi connectivity index (χ4n) is 3.11. The van der Waals surface area contributed by atoms with E-state index >= 15 is 0 Å². The SMILES string of the molecule is COc1ccc([C@H](OC(=O)Nc2ccc(Br)cc2)[C@H](CCO)Oc2ccccc2)cc1O. The molecular weight excluding hydrogens is 478 g/mol. The molecule has 0 saturated heterocycles. The molecule has 0 heterocycles. The summed E-state index contributed by atoms with van der Waals surface area (Å²) in [6.45, 7) is -0.187. The molecule has 0 radical (unpaired) electrons. The highest BCUT2D eigenvalue weighted by Gasteiger charge is 2.30. The Morgan fingerprint density at radius 2 is 1.78 bits per heavy atom. The predicted octanol–water partition coefficient (Wildman–Crippen LogP) is 5.28. The fourth-order valence-corrected chi connectivity index (χ4v) is 3.38. The number of aromatic hydroxyl groups is 1. The van der Waals surface area contributed by atoms with Crippen LogP contribution in [0.3, 0.4) is 0 Å². The number of phenolic OH excluding ortho intramolecular Hbond substituents is 1. The minimum absolute atomic E-state index is 0.102. The van der Waals surface area contributed by atoms with Crippen LogP contribution in [0.4, 0.5) is 10.5 Å². The topological polar surface area (TPSA) is 97.3 Å². The molecule has 1 amide bonds. The number of phenols is 1. The van der Waals surface area contributed by atoms with E-state index in [1.54, 1.807) is 48.5 Å². The monoisotopic (exact) mass is 501 g/mol. The van der Waals surface area contributed by atoms with Crippen LogP contribution in [-0.2, 0) is 4.74 Å². The third-order valence-corrected chi connectivity index (χ3v) is 5.17. The molecule has 0 aliphatic heterocycles. The molecule has 3 aromatic rings. The molecule has 32 heavy (non-hydrogen) atoms. The minimum atomic E-state index is -0.922. The molecule has 0 unspecified atom stereocenters. The molecule has 7 nitrogen and oxygen atoms in total. The van der Waals surface area contributed by atoms with Gasteiger partial charge in [-0.25, -0.2) is 4.79 Å². The van der Waals surface area contributed by atoms with Crippen molar-refractivity contribution in [2.45, 2.75) is 18.6 Å². The molecule has 168 valence electrons. The summed E-state index contributed by atoms with van der Waals surface area (Å²) in [5, 5.41) is 22.6. The van der Waals surface area contributed by atoms with Crippen LogP contribution in [0, 0.1) is 0 Å². The first-order chi connectivity index (χ1) is 15.5. The van der Waals surface area contributed by atoms with Gasteiger partial charge < -0.3 is 24.4 Å². The second-order valence-corrected chi connectivity index (χ2v) is 7.79. The molecule has 0 aliphatic rings. The van der Waals surface area contributed by atoms with Gasteiger partial charge in [-0.1, -0.05) is 40.2 Å². The van der Waals surface area contributed by atoms with Gasteiger partial charge in [-0.3, -0.25) is 5.32 Å². The first-order valence-corrected chi connectivity index (χ1v) is 10.7. The minimum Gasteiger partial charge on any atom is -0.504 e. The zero-order valence-corrected chi connectivity index (χ0v) is 19.0. The second-order valence-electron chi connectivity index (χ2n) is 6.87. The number of carbonyl (C=O) groups excluding carboxylic acids is 1. The number of aliphatic hydroxyl groups is 1. The zero-order valence-electron chi connectivity index (χ0n) is 17.4. The fraction of sp³-hybridized carbons (Fsp3) is 0.208. The van der Waals surface area contributed by atoms with Crippen LogP contribution in [0.5, 0.6) is 17.2 Å². The Morgan fingerprint density at radius 1 is 1.06 bits per heavy atom. The highest BCUT2D eigenvalue weighted by Crippen LogP contribution is 2.34. The Morgan fingerprint density at radius 3 is 2.41 bits per heavy atom. The lowest BCUT2D eigenvalue weighted by molar-refractivity contribution is 0.00897. The quantitative estimate of drug-likeness (QED) is 0.368. The molecule has 3 N–H and O–H groups in total. The number of rotatable bonds is 9.